The molecule has 4 heteroatoms. The summed E-state index contributed by atoms with van der Waals surface area (Å²) in [5.74, 6) is 1.34. The van der Waals surface area contributed by atoms with Crippen LogP contribution in [0.2, 0.25) is 0 Å². The van der Waals surface area contributed by atoms with Crippen LogP contribution in [0.15, 0.2) is 30.5 Å². The van der Waals surface area contributed by atoms with Gasteiger partial charge in [-0.1, -0.05) is 27.2 Å². The predicted molar refractivity (Wildman–Crippen MR) is 102 cm³/mol. The van der Waals surface area contributed by atoms with Crippen LogP contribution in [-0.4, -0.2) is 21.7 Å². The molecule has 25 heavy (non-hydrogen) atoms. The second-order valence-corrected chi connectivity index (χ2v) is 6.65. The summed E-state index contributed by atoms with van der Waals surface area (Å²) in [6, 6.07) is 8.21. The maximum absolute atomic E-state index is 5.34. The minimum Gasteiger partial charge on any atom is -0.497 e. The van der Waals surface area contributed by atoms with E-state index in [0.717, 1.165) is 41.2 Å². The second-order valence-electron chi connectivity index (χ2n) is 6.65. The Kier molecular flexibility index (Phi) is 5.07. The molecular formula is C21H27N3O. The molecule has 0 N–H and O–H groups in total. The lowest BCUT2D eigenvalue weighted by molar-refractivity contribution is 0.414. The monoisotopic (exact) mass is 337 g/mol. The summed E-state index contributed by atoms with van der Waals surface area (Å²) in [5.41, 5.74) is 6.86. The normalized spacial score (nSPS) is 12.5. The quantitative estimate of drug-likeness (QED) is 0.622. The Morgan fingerprint density at radius 1 is 1.20 bits per heavy atom. The third kappa shape index (κ3) is 3.13. The van der Waals surface area contributed by atoms with Gasteiger partial charge >= 0.3 is 0 Å². The number of ether oxygens (including phenoxy) is 1. The van der Waals surface area contributed by atoms with Crippen LogP contribution in [0.3, 0.4) is 0 Å². The fourth-order valence-electron chi connectivity index (χ4n) is 3.60. The first-order valence-corrected chi connectivity index (χ1v) is 9.12. The molecule has 1 unspecified atom stereocenters. The van der Waals surface area contributed by atoms with E-state index in [4.69, 9.17) is 9.84 Å². The van der Waals surface area contributed by atoms with Crippen molar-refractivity contribution >= 4 is 5.65 Å². The largest absolute Gasteiger partial charge is 0.497 e. The van der Waals surface area contributed by atoms with Crippen LogP contribution in [0.25, 0.3) is 16.9 Å². The molecule has 3 rings (SSSR count). The maximum Gasteiger partial charge on any atom is 0.159 e. The van der Waals surface area contributed by atoms with Crippen LogP contribution < -0.4 is 4.74 Å². The molecule has 132 valence electrons. The molecule has 0 saturated heterocycles. The van der Waals surface area contributed by atoms with Crippen molar-refractivity contribution in [2.45, 2.75) is 52.9 Å². The van der Waals surface area contributed by atoms with Gasteiger partial charge in [-0.05, 0) is 55.5 Å². The topological polar surface area (TPSA) is 39.4 Å². The van der Waals surface area contributed by atoms with E-state index in [9.17, 15) is 0 Å². The van der Waals surface area contributed by atoms with Gasteiger partial charge in [-0.25, -0.2) is 9.50 Å². The molecule has 4 nitrogen and oxygen atoms in total. The van der Waals surface area contributed by atoms with E-state index in [1.807, 2.05) is 22.8 Å². The zero-order chi connectivity index (χ0) is 18.0. The number of fused-ring (bicyclic) bond motifs is 1. The number of nitrogens with zero attached hydrogens (tertiary/aromatic N) is 3. The van der Waals surface area contributed by atoms with E-state index >= 15 is 0 Å². The van der Waals surface area contributed by atoms with Gasteiger partial charge in [0.15, 0.2) is 5.65 Å². The van der Waals surface area contributed by atoms with Gasteiger partial charge in [0.2, 0.25) is 0 Å². The number of aryl methyl sites for hydroxylation is 2. The molecule has 2 aromatic heterocycles. The first kappa shape index (κ1) is 17.5. The highest BCUT2D eigenvalue weighted by Crippen LogP contribution is 2.32. The van der Waals surface area contributed by atoms with Crippen LogP contribution in [-0.2, 0) is 6.42 Å². The van der Waals surface area contributed by atoms with Gasteiger partial charge in [0.25, 0.3) is 0 Å². The molecule has 0 saturated carbocycles. The lowest BCUT2D eigenvalue weighted by Crippen LogP contribution is -1.99. The van der Waals surface area contributed by atoms with Crippen molar-refractivity contribution in [2.24, 2.45) is 0 Å². The highest BCUT2D eigenvalue weighted by molar-refractivity contribution is 5.68. The molecule has 0 radical (unpaired) electrons. The van der Waals surface area contributed by atoms with Gasteiger partial charge in [0.05, 0.1) is 18.5 Å². The maximum atomic E-state index is 5.34. The third-order valence-electron chi connectivity index (χ3n) is 4.89. The van der Waals surface area contributed by atoms with Crippen LogP contribution >= 0.6 is 0 Å². The fraction of sp³-hybridized carbons (Fsp3) is 0.429. The lowest BCUT2D eigenvalue weighted by atomic mass is 9.95. The zero-order valence-electron chi connectivity index (χ0n) is 15.8. The van der Waals surface area contributed by atoms with Crippen LogP contribution in [0.4, 0.5) is 0 Å². The van der Waals surface area contributed by atoms with Gasteiger partial charge in [0.1, 0.15) is 5.75 Å². The summed E-state index contributed by atoms with van der Waals surface area (Å²) >= 11 is 0. The molecule has 0 aliphatic rings. The van der Waals surface area contributed by atoms with E-state index in [-0.39, 0.29) is 0 Å². The Bertz CT molecular complexity index is 882. The van der Waals surface area contributed by atoms with E-state index < -0.39 is 0 Å². The van der Waals surface area contributed by atoms with Gasteiger partial charge < -0.3 is 4.74 Å². The molecule has 3 aromatic rings. The predicted octanol–water partition coefficient (Wildman–Crippen LogP) is 5.18. The number of rotatable bonds is 6. The minimum atomic E-state index is 0.470. The molecule has 0 aliphatic heterocycles. The minimum absolute atomic E-state index is 0.470. The molecule has 0 bridgehead atoms. The second kappa shape index (κ2) is 7.26. The first-order valence-electron chi connectivity index (χ1n) is 9.12. The van der Waals surface area contributed by atoms with Crippen molar-refractivity contribution in [2.75, 3.05) is 7.11 Å². The molecule has 2 heterocycles. The smallest absolute Gasteiger partial charge is 0.159 e. The Balaban J connectivity index is 2.21. The van der Waals surface area contributed by atoms with Gasteiger partial charge in [-0.2, -0.15) is 5.10 Å². The van der Waals surface area contributed by atoms with E-state index in [1.54, 1.807) is 7.11 Å². The average molecular weight is 337 g/mol. The number of methoxy groups -OCH3 is 1. The fourth-order valence-corrected chi connectivity index (χ4v) is 3.60. The molecular weight excluding hydrogens is 310 g/mol. The van der Waals surface area contributed by atoms with Crippen molar-refractivity contribution in [1.82, 2.24) is 14.6 Å². The number of benzene rings is 1. The van der Waals surface area contributed by atoms with E-state index in [2.05, 4.69) is 44.8 Å². The molecule has 0 amide bonds. The number of hydrogen-bond acceptors (Lipinski definition) is 3. The van der Waals surface area contributed by atoms with Crippen molar-refractivity contribution in [3.8, 4) is 17.0 Å². The van der Waals surface area contributed by atoms with Crippen molar-refractivity contribution in [3.63, 3.8) is 0 Å². The Labute approximate surface area is 149 Å². The van der Waals surface area contributed by atoms with Gasteiger partial charge in [0, 0.05) is 17.3 Å². The van der Waals surface area contributed by atoms with E-state index in [1.165, 1.54) is 17.5 Å². The summed E-state index contributed by atoms with van der Waals surface area (Å²) < 4.78 is 7.36. The summed E-state index contributed by atoms with van der Waals surface area (Å²) in [4.78, 5) is 4.68. The molecule has 0 spiro atoms. The zero-order valence-corrected chi connectivity index (χ0v) is 15.8. The number of aromatic nitrogens is 3. The highest BCUT2D eigenvalue weighted by atomic mass is 16.5. The van der Waals surface area contributed by atoms with Gasteiger partial charge in [-0.3, -0.25) is 0 Å². The molecule has 0 aliphatic carbocycles. The Morgan fingerprint density at radius 2 is 2.00 bits per heavy atom. The van der Waals surface area contributed by atoms with Crippen LogP contribution in [0, 0.1) is 6.92 Å². The lowest BCUT2D eigenvalue weighted by Gasteiger charge is -2.11. The molecule has 0 fully saturated rings. The average Bonchev–Trinajstić information content (AvgIpc) is 3.00. The number of hydrogen-bond donors (Lipinski definition) is 0. The molecule has 1 atom stereocenters. The first-order chi connectivity index (χ1) is 12.1. The summed E-state index contributed by atoms with van der Waals surface area (Å²) in [6.07, 6.45) is 5.15. The highest BCUT2D eigenvalue weighted by Gasteiger charge is 2.20. The standard InChI is InChI=1S/C21H27N3O/c1-6-8-14(3)20-18(7-2)23-24-19(11-12-22-21(20)24)17-10-9-16(25-5)13-15(17)4/h9-14H,6-8H2,1-5H3. The van der Waals surface area contributed by atoms with Gasteiger partial charge in [-0.15, -0.1) is 0 Å². The van der Waals surface area contributed by atoms with E-state index in [0.29, 0.717) is 5.92 Å². The summed E-state index contributed by atoms with van der Waals surface area (Å²) in [6.45, 7) is 8.79. The van der Waals surface area contributed by atoms with Crippen molar-refractivity contribution < 1.29 is 4.74 Å². The summed E-state index contributed by atoms with van der Waals surface area (Å²) in [5, 5.41) is 4.92. The Hall–Kier alpha value is -2.36. The molecule has 1 aromatic carbocycles. The SMILES string of the molecule is CCCC(C)c1c(CC)nn2c(-c3ccc(OC)cc3C)ccnc12. The van der Waals surface area contributed by atoms with Crippen LogP contribution in [0.1, 0.15) is 56.4 Å². The van der Waals surface area contributed by atoms with Crippen LogP contribution in [0.5, 0.6) is 5.75 Å². The Morgan fingerprint density at radius 3 is 2.64 bits per heavy atom. The van der Waals surface area contributed by atoms with Crippen molar-refractivity contribution in [3.05, 3.63) is 47.3 Å². The van der Waals surface area contributed by atoms with Crippen molar-refractivity contribution in [1.29, 1.82) is 0 Å². The summed E-state index contributed by atoms with van der Waals surface area (Å²) in [7, 11) is 1.70. The third-order valence-corrected chi connectivity index (χ3v) is 4.89.